The number of nitrogens with zero attached hydrogens (tertiary/aromatic N) is 3. The van der Waals surface area contributed by atoms with E-state index < -0.39 is 24.8 Å². The van der Waals surface area contributed by atoms with E-state index in [4.69, 9.17) is 11.6 Å². The van der Waals surface area contributed by atoms with Gasteiger partial charge in [0.1, 0.15) is 6.54 Å². The number of hydrogen-bond donors (Lipinski definition) is 1. The van der Waals surface area contributed by atoms with E-state index in [0.717, 1.165) is 4.90 Å². The molecule has 2 fully saturated rings. The molecule has 5 amide bonds. The third-order valence-corrected chi connectivity index (χ3v) is 5.89. The van der Waals surface area contributed by atoms with Gasteiger partial charge in [-0.3, -0.25) is 19.9 Å². The number of amides is 5. The lowest BCUT2D eigenvalue weighted by Gasteiger charge is -2.36. The van der Waals surface area contributed by atoms with E-state index in [0.29, 0.717) is 40.5 Å². The van der Waals surface area contributed by atoms with Crippen molar-refractivity contribution in [1.82, 2.24) is 10.2 Å². The number of nitrogens with one attached hydrogen (secondary N) is 1. The van der Waals surface area contributed by atoms with Crippen molar-refractivity contribution >= 4 is 40.9 Å². The number of halogens is 4. The van der Waals surface area contributed by atoms with Crippen LogP contribution < -0.4 is 15.1 Å². The Morgan fingerprint density at radius 3 is 2.33 bits per heavy atom. The lowest BCUT2D eigenvalue weighted by molar-refractivity contribution is -0.140. The van der Waals surface area contributed by atoms with Crippen LogP contribution in [0.25, 0.3) is 11.1 Å². The van der Waals surface area contributed by atoms with E-state index in [-0.39, 0.29) is 25.4 Å². The molecule has 2 aliphatic heterocycles. The van der Waals surface area contributed by atoms with E-state index in [1.807, 2.05) is 0 Å². The van der Waals surface area contributed by atoms with Gasteiger partial charge >= 0.3 is 18.2 Å². The molecule has 2 aliphatic rings. The number of urea groups is 2. The largest absolute Gasteiger partial charge is 0.406 e. The molecule has 33 heavy (non-hydrogen) atoms. The molecule has 0 spiro atoms. The minimum absolute atomic E-state index is 0.0605. The summed E-state index contributed by atoms with van der Waals surface area (Å²) in [5.41, 5.74) is 2.28. The molecule has 4 rings (SSSR count). The van der Waals surface area contributed by atoms with Crippen molar-refractivity contribution in [3.8, 4) is 11.1 Å². The van der Waals surface area contributed by atoms with Crippen LogP contribution in [0.2, 0.25) is 5.02 Å². The van der Waals surface area contributed by atoms with Gasteiger partial charge in [0.05, 0.1) is 10.7 Å². The van der Waals surface area contributed by atoms with Gasteiger partial charge in [-0.15, -0.1) is 0 Å². The molecule has 7 nitrogen and oxygen atoms in total. The summed E-state index contributed by atoms with van der Waals surface area (Å²) in [6.07, 6.45) is -3.86. The minimum Gasteiger partial charge on any atom is -0.315 e. The van der Waals surface area contributed by atoms with E-state index in [1.54, 1.807) is 42.5 Å². The standard InChI is InChI=1S/C22H20ClF3N4O3/c23-19-16(3-1-4-17(19)30-12-9-18(31)27-20(30)32)14-5-7-15(8-6-14)29-11-2-10-28(21(29)33)13-22(24,25)26/h1,3-8H,2,9-13H2,(H,27,31,32). The van der Waals surface area contributed by atoms with E-state index >= 15 is 0 Å². The van der Waals surface area contributed by atoms with Crippen LogP contribution in [-0.4, -0.2) is 55.2 Å². The Hall–Kier alpha value is -3.27. The van der Waals surface area contributed by atoms with Gasteiger partial charge < -0.3 is 4.90 Å². The molecule has 0 bridgehead atoms. The molecule has 2 aromatic rings. The predicted molar refractivity (Wildman–Crippen MR) is 117 cm³/mol. The summed E-state index contributed by atoms with van der Waals surface area (Å²) in [6, 6.07) is 10.7. The van der Waals surface area contributed by atoms with Crippen molar-refractivity contribution in [3.63, 3.8) is 0 Å². The molecule has 0 saturated carbocycles. The Labute approximate surface area is 192 Å². The first-order chi connectivity index (χ1) is 15.6. The number of carbonyl (C=O) groups is 3. The number of alkyl halides is 3. The van der Waals surface area contributed by atoms with Gasteiger partial charge in [0.25, 0.3) is 0 Å². The Bertz CT molecular complexity index is 1090. The predicted octanol–water partition coefficient (Wildman–Crippen LogP) is 4.65. The molecule has 0 atom stereocenters. The number of benzene rings is 2. The van der Waals surface area contributed by atoms with Crippen LogP contribution in [0.15, 0.2) is 42.5 Å². The fraction of sp³-hybridized carbons (Fsp3) is 0.318. The molecule has 0 radical (unpaired) electrons. The summed E-state index contributed by atoms with van der Waals surface area (Å²) in [6.45, 7) is -0.687. The quantitative estimate of drug-likeness (QED) is 0.692. The van der Waals surface area contributed by atoms with Crippen LogP contribution in [0.4, 0.5) is 34.1 Å². The Kier molecular flexibility index (Phi) is 6.20. The normalized spacial score (nSPS) is 17.5. The summed E-state index contributed by atoms with van der Waals surface area (Å²) in [5, 5.41) is 2.58. The van der Waals surface area contributed by atoms with Crippen LogP contribution in [0, 0.1) is 0 Å². The van der Waals surface area contributed by atoms with Crippen LogP contribution >= 0.6 is 11.6 Å². The first-order valence-electron chi connectivity index (χ1n) is 10.3. The van der Waals surface area contributed by atoms with Crippen molar-refractivity contribution < 1.29 is 27.6 Å². The molecular formula is C22H20ClF3N4O3. The molecule has 0 aliphatic carbocycles. The molecule has 2 saturated heterocycles. The molecular weight excluding hydrogens is 461 g/mol. The first kappa shape index (κ1) is 22.9. The number of carbonyl (C=O) groups excluding carboxylic acids is 3. The third-order valence-electron chi connectivity index (χ3n) is 5.49. The maximum atomic E-state index is 12.8. The summed E-state index contributed by atoms with van der Waals surface area (Å²) < 4.78 is 38.3. The van der Waals surface area contributed by atoms with Crippen LogP contribution in [0.1, 0.15) is 12.8 Å². The van der Waals surface area contributed by atoms with E-state index in [9.17, 15) is 27.6 Å². The van der Waals surface area contributed by atoms with Gasteiger partial charge in [0.2, 0.25) is 5.91 Å². The van der Waals surface area contributed by atoms with Crippen LogP contribution in [-0.2, 0) is 4.79 Å². The van der Waals surface area contributed by atoms with Gasteiger partial charge in [-0.25, -0.2) is 9.59 Å². The molecule has 0 aromatic heterocycles. The highest BCUT2D eigenvalue weighted by Gasteiger charge is 2.36. The second-order valence-electron chi connectivity index (χ2n) is 7.77. The molecule has 0 unspecified atom stereocenters. The molecule has 1 N–H and O–H groups in total. The molecule has 2 aromatic carbocycles. The second kappa shape index (κ2) is 8.93. The van der Waals surface area contributed by atoms with E-state index in [2.05, 4.69) is 5.32 Å². The topological polar surface area (TPSA) is 73.0 Å². The van der Waals surface area contributed by atoms with Crippen molar-refractivity contribution in [2.45, 2.75) is 19.0 Å². The highest BCUT2D eigenvalue weighted by molar-refractivity contribution is 6.36. The van der Waals surface area contributed by atoms with Crippen molar-refractivity contribution in [2.75, 3.05) is 36.0 Å². The minimum atomic E-state index is -4.46. The third kappa shape index (κ3) is 4.90. The Balaban J connectivity index is 1.56. The lowest BCUT2D eigenvalue weighted by Crippen LogP contribution is -2.52. The second-order valence-corrected chi connectivity index (χ2v) is 8.14. The molecule has 174 valence electrons. The summed E-state index contributed by atoms with van der Waals surface area (Å²) in [7, 11) is 0. The SMILES string of the molecule is O=C1CCN(c2cccc(-c3ccc(N4CCCN(CC(F)(F)F)C4=O)cc3)c2Cl)C(=O)N1. The zero-order chi connectivity index (χ0) is 23.8. The lowest BCUT2D eigenvalue weighted by atomic mass is 10.0. The van der Waals surface area contributed by atoms with Gasteiger partial charge in [0, 0.05) is 37.3 Å². The van der Waals surface area contributed by atoms with Gasteiger partial charge in [0.15, 0.2) is 0 Å². The summed E-state index contributed by atoms with van der Waals surface area (Å²) >= 11 is 6.59. The highest BCUT2D eigenvalue weighted by Crippen LogP contribution is 2.37. The number of hydrogen-bond acceptors (Lipinski definition) is 3. The van der Waals surface area contributed by atoms with Crippen molar-refractivity contribution in [3.05, 3.63) is 47.5 Å². The number of imide groups is 1. The molecule has 11 heteroatoms. The zero-order valence-corrected chi connectivity index (χ0v) is 18.1. The van der Waals surface area contributed by atoms with Crippen molar-refractivity contribution in [2.24, 2.45) is 0 Å². The highest BCUT2D eigenvalue weighted by atomic mass is 35.5. The first-order valence-corrected chi connectivity index (χ1v) is 10.7. The number of rotatable bonds is 4. The maximum absolute atomic E-state index is 12.8. The van der Waals surface area contributed by atoms with Gasteiger partial charge in [-0.05, 0) is 30.2 Å². The smallest absolute Gasteiger partial charge is 0.315 e. The van der Waals surface area contributed by atoms with Gasteiger partial charge in [-0.2, -0.15) is 13.2 Å². The summed E-state index contributed by atoms with van der Waals surface area (Å²) in [5.74, 6) is -0.347. The van der Waals surface area contributed by atoms with Crippen LogP contribution in [0.5, 0.6) is 0 Å². The van der Waals surface area contributed by atoms with Gasteiger partial charge in [-0.1, -0.05) is 35.9 Å². The molecule has 2 heterocycles. The average Bonchev–Trinajstić information content (AvgIpc) is 2.75. The Morgan fingerprint density at radius 1 is 0.939 bits per heavy atom. The zero-order valence-electron chi connectivity index (χ0n) is 17.4. The summed E-state index contributed by atoms with van der Waals surface area (Å²) in [4.78, 5) is 39.7. The van der Waals surface area contributed by atoms with E-state index in [1.165, 1.54) is 9.80 Å². The van der Waals surface area contributed by atoms with Crippen LogP contribution in [0.3, 0.4) is 0 Å². The number of anilines is 2. The average molecular weight is 481 g/mol. The maximum Gasteiger partial charge on any atom is 0.406 e. The fourth-order valence-electron chi connectivity index (χ4n) is 3.95. The fourth-order valence-corrected chi connectivity index (χ4v) is 4.29. The van der Waals surface area contributed by atoms with Crippen molar-refractivity contribution in [1.29, 1.82) is 0 Å². The monoisotopic (exact) mass is 480 g/mol. The Morgan fingerprint density at radius 2 is 1.67 bits per heavy atom.